The first-order valence-corrected chi connectivity index (χ1v) is 8.72. The van der Waals surface area contributed by atoms with Crippen LogP contribution < -0.4 is 0 Å². The van der Waals surface area contributed by atoms with Crippen LogP contribution in [0.1, 0.15) is 56.4 Å². The topological polar surface area (TPSA) is 86.3 Å². The van der Waals surface area contributed by atoms with Gasteiger partial charge >= 0.3 is 5.97 Å². The molecular formula is C17H16BrN3O3. The maximum absolute atomic E-state index is 12.8. The summed E-state index contributed by atoms with van der Waals surface area (Å²) in [5.74, 6) is -0.601. The number of nitrogens with one attached hydrogen (secondary N) is 1. The van der Waals surface area contributed by atoms with Crippen LogP contribution in [0.4, 0.5) is 0 Å². The molecule has 1 aliphatic carbocycles. The quantitative estimate of drug-likeness (QED) is 0.844. The fraction of sp³-hybridized carbons (Fsp3) is 0.353. The van der Waals surface area contributed by atoms with E-state index in [-0.39, 0.29) is 11.5 Å². The van der Waals surface area contributed by atoms with Crippen LogP contribution in [0.2, 0.25) is 0 Å². The van der Waals surface area contributed by atoms with Crippen molar-refractivity contribution >= 4 is 27.8 Å². The molecule has 2 aliphatic rings. The third-order valence-corrected chi connectivity index (χ3v) is 5.48. The summed E-state index contributed by atoms with van der Waals surface area (Å²) in [6.45, 7) is 1.02. The van der Waals surface area contributed by atoms with Gasteiger partial charge in [0, 0.05) is 19.0 Å². The fourth-order valence-electron chi connectivity index (χ4n) is 3.14. The SMILES string of the molecule is O=C(O)c1ccc2c(c1)CN(C(=O)c1n[nH]c(C3CC3)c1Br)CC2. The number of hydrogen-bond donors (Lipinski definition) is 2. The van der Waals surface area contributed by atoms with Gasteiger partial charge < -0.3 is 10.0 Å². The van der Waals surface area contributed by atoms with Crippen molar-refractivity contribution in [3.63, 3.8) is 0 Å². The lowest BCUT2D eigenvalue weighted by Gasteiger charge is -2.28. The highest BCUT2D eigenvalue weighted by molar-refractivity contribution is 9.10. The van der Waals surface area contributed by atoms with Crippen molar-refractivity contribution in [2.45, 2.75) is 31.7 Å². The van der Waals surface area contributed by atoms with E-state index >= 15 is 0 Å². The first-order chi connectivity index (χ1) is 11.5. The highest BCUT2D eigenvalue weighted by Crippen LogP contribution is 2.43. The summed E-state index contributed by atoms with van der Waals surface area (Å²) in [7, 11) is 0. The zero-order valence-electron chi connectivity index (χ0n) is 12.9. The van der Waals surface area contributed by atoms with Crippen molar-refractivity contribution in [1.29, 1.82) is 0 Å². The normalized spacial score (nSPS) is 16.8. The van der Waals surface area contributed by atoms with Crippen LogP contribution in [0.15, 0.2) is 22.7 Å². The highest BCUT2D eigenvalue weighted by Gasteiger charge is 2.32. The van der Waals surface area contributed by atoms with Gasteiger partial charge in [0.05, 0.1) is 15.7 Å². The predicted molar refractivity (Wildman–Crippen MR) is 90.1 cm³/mol. The van der Waals surface area contributed by atoms with Gasteiger partial charge in [-0.15, -0.1) is 0 Å². The van der Waals surface area contributed by atoms with Gasteiger partial charge in [0.1, 0.15) is 0 Å². The van der Waals surface area contributed by atoms with E-state index in [1.807, 2.05) is 6.07 Å². The van der Waals surface area contributed by atoms with E-state index in [1.165, 1.54) is 0 Å². The van der Waals surface area contributed by atoms with Gasteiger partial charge in [-0.25, -0.2) is 4.79 Å². The lowest BCUT2D eigenvalue weighted by atomic mass is 9.97. The molecule has 1 fully saturated rings. The number of hydrogen-bond acceptors (Lipinski definition) is 3. The number of rotatable bonds is 3. The molecule has 1 aromatic heterocycles. The van der Waals surface area contributed by atoms with Gasteiger partial charge in [-0.1, -0.05) is 6.07 Å². The Bertz CT molecular complexity index is 842. The number of fused-ring (bicyclic) bond motifs is 1. The number of benzene rings is 1. The Hall–Kier alpha value is -2.15. The number of aromatic nitrogens is 2. The summed E-state index contributed by atoms with van der Waals surface area (Å²) in [5.41, 5.74) is 3.66. The summed E-state index contributed by atoms with van der Waals surface area (Å²) < 4.78 is 0.764. The second kappa shape index (κ2) is 5.73. The van der Waals surface area contributed by atoms with Gasteiger partial charge in [0.2, 0.25) is 0 Å². The molecule has 0 spiro atoms. The maximum atomic E-state index is 12.8. The number of aromatic carboxylic acids is 1. The molecular weight excluding hydrogens is 374 g/mol. The lowest BCUT2D eigenvalue weighted by molar-refractivity contribution is 0.0696. The van der Waals surface area contributed by atoms with E-state index in [2.05, 4.69) is 26.1 Å². The van der Waals surface area contributed by atoms with Crippen LogP contribution in [-0.4, -0.2) is 38.6 Å². The molecule has 1 aliphatic heterocycles. The minimum Gasteiger partial charge on any atom is -0.478 e. The standard InChI is InChI=1S/C17H16BrN3O3/c18-13-14(10-2-3-10)19-20-15(13)16(22)21-6-5-9-1-4-11(17(23)24)7-12(9)8-21/h1,4,7,10H,2-3,5-6,8H2,(H,19,20)(H,23,24). The van der Waals surface area contributed by atoms with E-state index in [0.29, 0.717) is 24.7 Å². The Morgan fingerprint density at radius 2 is 2.08 bits per heavy atom. The third-order valence-electron chi connectivity index (χ3n) is 4.67. The molecule has 4 rings (SSSR count). The molecule has 2 heterocycles. The molecule has 24 heavy (non-hydrogen) atoms. The molecule has 0 radical (unpaired) electrons. The summed E-state index contributed by atoms with van der Waals surface area (Å²) in [6.07, 6.45) is 2.98. The molecule has 2 N–H and O–H groups in total. The zero-order chi connectivity index (χ0) is 16.8. The van der Waals surface area contributed by atoms with Crippen LogP contribution in [0.3, 0.4) is 0 Å². The monoisotopic (exact) mass is 389 g/mol. The molecule has 7 heteroatoms. The smallest absolute Gasteiger partial charge is 0.335 e. The third kappa shape index (κ3) is 2.62. The van der Waals surface area contributed by atoms with E-state index in [9.17, 15) is 9.59 Å². The van der Waals surface area contributed by atoms with Gasteiger partial charge in [-0.05, 0) is 58.5 Å². The Morgan fingerprint density at radius 3 is 2.79 bits per heavy atom. The Balaban J connectivity index is 1.58. The van der Waals surface area contributed by atoms with Crippen molar-refractivity contribution in [1.82, 2.24) is 15.1 Å². The van der Waals surface area contributed by atoms with Gasteiger partial charge in [-0.2, -0.15) is 5.10 Å². The van der Waals surface area contributed by atoms with Gasteiger partial charge in [-0.3, -0.25) is 9.89 Å². The van der Waals surface area contributed by atoms with Gasteiger partial charge in [0.25, 0.3) is 5.91 Å². The molecule has 1 saturated carbocycles. The largest absolute Gasteiger partial charge is 0.478 e. The van der Waals surface area contributed by atoms with Crippen LogP contribution in [-0.2, 0) is 13.0 Å². The second-order valence-electron chi connectivity index (χ2n) is 6.34. The number of H-pyrrole nitrogens is 1. The van der Waals surface area contributed by atoms with Crippen molar-refractivity contribution in [2.24, 2.45) is 0 Å². The first kappa shape index (κ1) is 15.4. The number of carboxylic acid groups (broad SMARTS) is 1. The summed E-state index contributed by atoms with van der Waals surface area (Å²) in [5, 5.41) is 16.3. The number of carboxylic acids is 1. The number of halogens is 1. The molecule has 6 nitrogen and oxygen atoms in total. The summed E-state index contributed by atoms with van der Waals surface area (Å²) in [4.78, 5) is 25.7. The predicted octanol–water partition coefficient (Wildman–Crippen LogP) is 2.95. The molecule has 0 atom stereocenters. The number of amides is 1. The molecule has 0 unspecified atom stereocenters. The summed E-state index contributed by atoms with van der Waals surface area (Å²) >= 11 is 3.50. The number of aromatic amines is 1. The van der Waals surface area contributed by atoms with Crippen molar-refractivity contribution in [3.8, 4) is 0 Å². The molecule has 2 aromatic rings. The first-order valence-electron chi connectivity index (χ1n) is 7.92. The average Bonchev–Trinajstić information content (AvgIpc) is 3.35. The molecule has 1 amide bonds. The summed E-state index contributed by atoms with van der Waals surface area (Å²) in [6, 6.07) is 5.12. The van der Waals surface area contributed by atoms with Crippen LogP contribution >= 0.6 is 15.9 Å². The second-order valence-corrected chi connectivity index (χ2v) is 7.13. The van der Waals surface area contributed by atoms with Crippen molar-refractivity contribution in [2.75, 3.05) is 6.54 Å². The molecule has 0 bridgehead atoms. The van der Waals surface area contributed by atoms with E-state index < -0.39 is 5.97 Å². The average molecular weight is 390 g/mol. The fourth-order valence-corrected chi connectivity index (χ4v) is 3.81. The van der Waals surface area contributed by atoms with Crippen LogP contribution in [0.25, 0.3) is 0 Å². The van der Waals surface area contributed by atoms with Crippen LogP contribution in [0, 0.1) is 0 Å². The lowest BCUT2D eigenvalue weighted by Crippen LogP contribution is -2.36. The molecule has 0 saturated heterocycles. The van der Waals surface area contributed by atoms with Crippen molar-refractivity contribution < 1.29 is 14.7 Å². The minimum absolute atomic E-state index is 0.128. The minimum atomic E-state index is -0.953. The Kier molecular flexibility index (Phi) is 3.68. The van der Waals surface area contributed by atoms with E-state index in [0.717, 1.165) is 40.6 Å². The molecule has 124 valence electrons. The Morgan fingerprint density at radius 1 is 1.29 bits per heavy atom. The van der Waals surface area contributed by atoms with Gasteiger partial charge in [0.15, 0.2) is 5.69 Å². The van der Waals surface area contributed by atoms with E-state index in [4.69, 9.17) is 5.11 Å². The highest BCUT2D eigenvalue weighted by atomic mass is 79.9. The van der Waals surface area contributed by atoms with Crippen molar-refractivity contribution in [3.05, 3.63) is 50.8 Å². The number of carbonyl (C=O) groups excluding carboxylic acids is 1. The Labute approximate surface area is 147 Å². The number of nitrogens with zero attached hydrogens (tertiary/aromatic N) is 2. The molecule has 1 aromatic carbocycles. The zero-order valence-corrected chi connectivity index (χ0v) is 14.5. The van der Waals surface area contributed by atoms with Crippen LogP contribution in [0.5, 0.6) is 0 Å². The maximum Gasteiger partial charge on any atom is 0.335 e. The number of carbonyl (C=O) groups is 2. The van der Waals surface area contributed by atoms with E-state index in [1.54, 1.807) is 17.0 Å².